The Labute approximate surface area is 119 Å². The second kappa shape index (κ2) is 5.09. The van der Waals surface area contributed by atoms with Gasteiger partial charge < -0.3 is 10.1 Å². The molecule has 1 aliphatic rings. The molecule has 1 aliphatic carbocycles. The van der Waals surface area contributed by atoms with Crippen molar-refractivity contribution in [3.8, 4) is 0 Å². The van der Waals surface area contributed by atoms with Crippen LogP contribution in [0.1, 0.15) is 33.6 Å². The number of benzene rings is 1. The molecule has 1 fully saturated rings. The average molecular weight is 273 g/mol. The summed E-state index contributed by atoms with van der Waals surface area (Å²) < 4.78 is 5.86. The zero-order valence-corrected chi connectivity index (χ0v) is 12.4. The molecule has 0 amide bonds. The van der Waals surface area contributed by atoms with Gasteiger partial charge in [-0.05, 0) is 38.0 Å². The molecule has 1 heterocycles. The maximum absolute atomic E-state index is 5.86. The van der Waals surface area contributed by atoms with Gasteiger partial charge in [0.2, 0.25) is 0 Å². The number of hydrogen-bond donors (Lipinski definition) is 2. The molecule has 1 aromatic carbocycles. The zero-order chi connectivity index (χ0) is 14.2. The zero-order valence-electron chi connectivity index (χ0n) is 12.4. The number of ether oxygens (including phenoxy) is 1. The van der Waals surface area contributed by atoms with Crippen molar-refractivity contribution in [1.29, 1.82) is 0 Å². The monoisotopic (exact) mass is 273 g/mol. The number of nitrogens with one attached hydrogen (secondary N) is 2. The number of fused-ring (bicyclic) bond motifs is 1. The van der Waals surface area contributed by atoms with Crippen LogP contribution in [-0.4, -0.2) is 29.0 Å². The highest BCUT2D eigenvalue weighted by atomic mass is 16.5. The maximum atomic E-state index is 5.86. The molecule has 108 valence electrons. The van der Waals surface area contributed by atoms with Gasteiger partial charge in [0.1, 0.15) is 0 Å². The molecule has 3 rings (SSSR count). The number of hydrogen-bond acceptors (Lipinski definition) is 3. The van der Waals surface area contributed by atoms with Crippen LogP contribution >= 0.6 is 0 Å². The molecule has 3 atom stereocenters. The lowest BCUT2D eigenvalue weighted by atomic mass is 9.61. The Morgan fingerprint density at radius 3 is 3.05 bits per heavy atom. The van der Waals surface area contributed by atoms with Crippen LogP contribution in [0, 0.1) is 5.41 Å². The summed E-state index contributed by atoms with van der Waals surface area (Å²) in [4.78, 5) is 0. The summed E-state index contributed by atoms with van der Waals surface area (Å²) in [5, 5.41) is 11.9. The van der Waals surface area contributed by atoms with Gasteiger partial charge in [0, 0.05) is 29.1 Å². The fourth-order valence-electron chi connectivity index (χ4n) is 3.21. The Morgan fingerprint density at radius 2 is 2.30 bits per heavy atom. The van der Waals surface area contributed by atoms with E-state index in [1.165, 1.54) is 5.69 Å². The van der Waals surface area contributed by atoms with E-state index in [2.05, 4.69) is 54.5 Å². The van der Waals surface area contributed by atoms with E-state index in [1.54, 1.807) is 0 Å². The highest BCUT2D eigenvalue weighted by Crippen LogP contribution is 2.47. The lowest BCUT2D eigenvalue weighted by Gasteiger charge is -2.54. The number of H-pyrrole nitrogens is 1. The summed E-state index contributed by atoms with van der Waals surface area (Å²) in [6.07, 6.45) is 4.46. The van der Waals surface area contributed by atoms with Crippen LogP contribution in [0.3, 0.4) is 0 Å². The smallest absolute Gasteiger partial charge is 0.0667 e. The second-order valence-electron chi connectivity index (χ2n) is 5.91. The van der Waals surface area contributed by atoms with Crippen molar-refractivity contribution in [2.45, 2.75) is 45.8 Å². The molecule has 2 aromatic rings. The summed E-state index contributed by atoms with van der Waals surface area (Å²) >= 11 is 0. The van der Waals surface area contributed by atoms with Crippen molar-refractivity contribution in [3.63, 3.8) is 0 Å². The van der Waals surface area contributed by atoms with Gasteiger partial charge in [-0.15, -0.1) is 0 Å². The van der Waals surface area contributed by atoms with Crippen molar-refractivity contribution >= 4 is 16.6 Å². The summed E-state index contributed by atoms with van der Waals surface area (Å²) in [6.45, 7) is 7.45. The van der Waals surface area contributed by atoms with Gasteiger partial charge in [-0.3, -0.25) is 5.10 Å². The molecule has 1 saturated carbocycles. The highest BCUT2D eigenvalue weighted by molar-refractivity contribution is 5.81. The van der Waals surface area contributed by atoms with E-state index in [0.29, 0.717) is 12.1 Å². The van der Waals surface area contributed by atoms with E-state index in [-0.39, 0.29) is 5.41 Å². The van der Waals surface area contributed by atoms with Crippen LogP contribution < -0.4 is 5.32 Å². The summed E-state index contributed by atoms with van der Waals surface area (Å²) in [5.74, 6) is 0. The molecule has 4 nitrogen and oxygen atoms in total. The van der Waals surface area contributed by atoms with Crippen LogP contribution in [0.2, 0.25) is 0 Å². The highest BCUT2D eigenvalue weighted by Gasteiger charge is 2.51. The Balaban J connectivity index is 1.74. The topological polar surface area (TPSA) is 49.9 Å². The van der Waals surface area contributed by atoms with Crippen molar-refractivity contribution in [1.82, 2.24) is 10.2 Å². The fourth-order valence-corrected chi connectivity index (χ4v) is 3.21. The molecule has 0 spiro atoms. The minimum Gasteiger partial charge on any atom is -0.382 e. The molecule has 0 saturated heterocycles. The van der Waals surface area contributed by atoms with E-state index < -0.39 is 0 Å². The SMILES string of the molecule is CCOC1CC(Nc2ccc3[nH]ncc3c2)C1(C)CC. The van der Waals surface area contributed by atoms with Crippen LogP contribution in [-0.2, 0) is 4.74 Å². The number of anilines is 1. The van der Waals surface area contributed by atoms with Gasteiger partial charge in [-0.25, -0.2) is 0 Å². The summed E-state index contributed by atoms with van der Waals surface area (Å²) in [5.41, 5.74) is 2.47. The Morgan fingerprint density at radius 1 is 1.45 bits per heavy atom. The van der Waals surface area contributed by atoms with E-state index in [4.69, 9.17) is 4.74 Å². The first-order valence-corrected chi connectivity index (χ1v) is 7.48. The molecule has 4 heteroatoms. The Hall–Kier alpha value is -1.55. The number of aromatic nitrogens is 2. The van der Waals surface area contributed by atoms with Gasteiger partial charge in [-0.1, -0.05) is 13.8 Å². The molecule has 0 aliphatic heterocycles. The first-order valence-electron chi connectivity index (χ1n) is 7.48. The molecule has 1 aromatic heterocycles. The van der Waals surface area contributed by atoms with E-state index in [0.717, 1.165) is 30.4 Å². The largest absolute Gasteiger partial charge is 0.382 e. The van der Waals surface area contributed by atoms with Crippen LogP contribution in [0.25, 0.3) is 10.9 Å². The van der Waals surface area contributed by atoms with Crippen molar-refractivity contribution in [2.75, 3.05) is 11.9 Å². The van der Waals surface area contributed by atoms with Crippen LogP contribution in [0.5, 0.6) is 0 Å². The van der Waals surface area contributed by atoms with Gasteiger partial charge in [-0.2, -0.15) is 5.10 Å². The summed E-state index contributed by atoms with van der Waals surface area (Å²) in [6, 6.07) is 6.83. The first-order chi connectivity index (χ1) is 9.67. The lowest BCUT2D eigenvalue weighted by molar-refractivity contribution is -0.109. The van der Waals surface area contributed by atoms with Gasteiger partial charge >= 0.3 is 0 Å². The minimum absolute atomic E-state index is 0.224. The van der Waals surface area contributed by atoms with Crippen molar-refractivity contribution < 1.29 is 4.74 Å². The van der Waals surface area contributed by atoms with Gasteiger partial charge in [0.05, 0.1) is 17.8 Å². The molecule has 20 heavy (non-hydrogen) atoms. The van der Waals surface area contributed by atoms with E-state index in [9.17, 15) is 0 Å². The predicted octanol–water partition coefficient (Wildman–Crippen LogP) is 3.57. The maximum Gasteiger partial charge on any atom is 0.0667 e. The normalized spacial score (nSPS) is 29.4. The lowest BCUT2D eigenvalue weighted by Crippen LogP contribution is -2.59. The molecule has 0 bridgehead atoms. The Kier molecular flexibility index (Phi) is 3.42. The van der Waals surface area contributed by atoms with Gasteiger partial charge in [0.25, 0.3) is 0 Å². The first kappa shape index (κ1) is 13.4. The average Bonchev–Trinajstić information content (AvgIpc) is 2.92. The molecular formula is C16H23N3O. The second-order valence-corrected chi connectivity index (χ2v) is 5.91. The number of rotatable bonds is 5. The minimum atomic E-state index is 0.224. The standard InChI is InChI=1S/C16H23N3O/c1-4-16(3)14(9-15(16)20-5-2)18-12-6-7-13-11(8-12)10-17-19-13/h6-8,10,14-15,18H,4-5,9H2,1-3H3,(H,17,19). The third kappa shape index (κ3) is 2.08. The van der Waals surface area contributed by atoms with Crippen LogP contribution in [0.4, 0.5) is 5.69 Å². The molecular weight excluding hydrogens is 250 g/mol. The third-order valence-corrected chi connectivity index (χ3v) is 4.89. The fraction of sp³-hybridized carbons (Fsp3) is 0.562. The molecule has 0 radical (unpaired) electrons. The van der Waals surface area contributed by atoms with Crippen molar-refractivity contribution in [2.24, 2.45) is 5.41 Å². The van der Waals surface area contributed by atoms with E-state index >= 15 is 0 Å². The number of aromatic amines is 1. The number of nitrogens with zero attached hydrogens (tertiary/aromatic N) is 1. The quantitative estimate of drug-likeness (QED) is 0.875. The predicted molar refractivity (Wildman–Crippen MR) is 81.9 cm³/mol. The van der Waals surface area contributed by atoms with E-state index in [1.807, 2.05) is 6.20 Å². The Bertz CT molecular complexity index is 594. The summed E-state index contributed by atoms with van der Waals surface area (Å²) in [7, 11) is 0. The van der Waals surface area contributed by atoms with Crippen molar-refractivity contribution in [3.05, 3.63) is 24.4 Å². The van der Waals surface area contributed by atoms with Crippen LogP contribution in [0.15, 0.2) is 24.4 Å². The molecule has 3 unspecified atom stereocenters. The molecule has 2 N–H and O–H groups in total. The third-order valence-electron chi connectivity index (χ3n) is 4.89. The van der Waals surface area contributed by atoms with Gasteiger partial charge in [0.15, 0.2) is 0 Å².